The van der Waals surface area contributed by atoms with Gasteiger partial charge in [-0.25, -0.2) is 19.0 Å². The maximum Gasteiger partial charge on any atom is 0.412 e. The zero-order valence-electron chi connectivity index (χ0n) is 22.9. The van der Waals surface area contributed by atoms with E-state index in [9.17, 15) is 18.8 Å². The van der Waals surface area contributed by atoms with Crippen LogP contribution in [0.5, 0.6) is 0 Å². The molecule has 3 unspecified atom stereocenters. The number of aryl methyl sites for hydroxylation is 1. The molecule has 3 rings (SSSR count). The number of alkyl halides is 1. The third-order valence-electron chi connectivity index (χ3n) is 5.30. The van der Waals surface area contributed by atoms with Crippen molar-refractivity contribution in [2.24, 2.45) is 7.05 Å². The fourth-order valence-electron chi connectivity index (χ4n) is 3.79. The number of ether oxygens (including phenoxy) is 3. The van der Waals surface area contributed by atoms with Crippen molar-refractivity contribution in [3.8, 4) is 0 Å². The van der Waals surface area contributed by atoms with E-state index in [0.717, 1.165) is 11.3 Å². The molecule has 216 valence electrons. The van der Waals surface area contributed by atoms with E-state index in [-0.39, 0.29) is 23.7 Å². The second kappa shape index (κ2) is 12.2. The summed E-state index contributed by atoms with van der Waals surface area (Å²) < 4.78 is 33.1. The number of amides is 3. The minimum absolute atomic E-state index is 0.0280. The SMILES string of the molecule is Cn1ncc(NC(=O)c2nc(Br)sc2NC(=O)OC(C)(C)C)c1C1CCC(NC(=O)OC(C)(C)C)C(F)CO1. The lowest BCUT2D eigenvalue weighted by Crippen LogP contribution is -2.44. The number of thiazole rings is 1. The van der Waals surface area contributed by atoms with Crippen molar-refractivity contribution >= 4 is 56.0 Å². The Kier molecular flexibility index (Phi) is 9.60. The molecule has 3 N–H and O–H groups in total. The Morgan fingerprint density at radius 3 is 2.38 bits per heavy atom. The van der Waals surface area contributed by atoms with Crippen LogP contribution in [0.25, 0.3) is 0 Å². The number of hydrogen-bond acceptors (Lipinski definition) is 9. The first kappa shape index (κ1) is 30.8. The fourth-order valence-corrected chi connectivity index (χ4v) is 5.13. The van der Waals surface area contributed by atoms with E-state index in [4.69, 9.17) is 14.2 Å². The van der Waals surface area contributed by atoms with Crippen LogP contribution in [-0.4, -0.2) is 62.9 Å². The van der Waals surface area contributed by atoms with E-state index in [2.05, 4.69) is 42.0 Å². The second-order valence-electron chi connectivity index (χ2n) is 11.0. The van der Waals surface area contributed by atoms with Crippen molar-refractivity contribution in [1.82, 2.24) is 20.1 Å². The Hall–Kier alpha value is -2.78. The maximum absolute atomic E-state index is 14.9. The molecule has 0 aliphatic carbocycles. The number of hydrogen-bond donors (Lipinski definition) is 3. The standard InChI is InChI=1S/C24H34BrFN6O6S/c1-23(2,3)37-21(34)29-13-8-9-15(36-11-12(13)26)17-14(10-27-32(17)7)28-18(33)16-19(39-20(25)30-16)31-22(35)38-24(4,5)6/h10,12-13,15H,8-9,11H2,1-7H3,(H,28,33)(H,29,34)(H,31,35). The summed E-state index contributed by atoms with van der Waals surface area (Å²) >= 11 is 4.30. The van der Waals surface area contributed by atoms with Crippen LogP contribution in [0.3, 0.4) is 0 Å². The summed E-state index contributed by atoms with van der Waals surface area (Å²) in [4.78, 5) is 41.8. The van der Waals surface area contributed by atoms with E-state index in [1.807, 2.05) is 0 Å². The van der Waals surface area contributed by atoms with Gasteiger partial charge in [0.25, 0.3) is 5.91 Å². The molecule has 2 aromatic heterocycles. The number of nitrogens with zero attached hydrogens (tertiary/aromatic N) is 3. The summed E-state index contributed by atoms with van der Waals surface area (Å²) in [5.41, 5.74) is -0.605. The van der Waals surface area contributed by atoms with Gasteiger partial charge in [-0.15, -0.1) is 0 Å². The van der Waals surface area contributed by atoms with Crippen LogP contribution in [0.4, 0.5) is 24.7 Å². The molecule has 0 radical (unpaired) electrons. The summed E-state index contributed by atoms with van der Waals surface area (Å²) in [6, 6.07) is -0.801. The first-order valence-corrected chi connectivity index (χ1v) is 13.9. The van der Waals surface area contributed by atoms with Crippen molar-refractivity contribution in [2.45, 2.75) is 83.9 Å². The van der Waals surface area contributed by atoms with Gasteiger partial charge < -0.3 is 24.8 Å². The van der Waals surface area contributed by atoms with E-state index in [1.165, 1.54) is 10.9 Å². The lowest BCUT2D eigenvalue weighted by molar-refractivity contribution is 0.0202. The van der Waals surface area contributed by atoms with E-state index in [0.29, 0.717) is 21.7 Å². The Labute approximate surface area is 238 Å². The van der Waals surface area contributed by atoms with Gasteiger partial charge in [0.1, 0.15) is 28.5 Å². The maximum atomic E-state index is 14.9. The summed E-state index contributed by atoms with van der Waals surface area (Å²) in [5.74, 6) is -0.598. The first-order valence-electron chi connectivity index (χ1n) is 12.3. The molecule has 0 bridgehead atoms. The molecule has 39 heavy (non-hydrogen) atoms. The highest BCUT2D eigenvalue weighted by Crippen LogP contribution is 2.34. The second-order valence-corrected chi connectivity index (χ2v) is 13.2. The molecule has 0 saturated carbocycles. The number of aromatic nitrogens is 3. The highest BCUT2D eigenvalue weighted by molar-refractivity contribution is 9.11. The number of carbonyl (C=O) groups excluding carboxylic acids is 3. The molecular formula is C24H34BrFN6O6S. The highest BCUT2D eigenvalue weighted by Gasteiger charge is 2.34. The average molecular weight is 634 g/mol. The monoisotopic (exact) mass is 632 g/mol. The van der Waals surface area contributed by atoms with Crippen LogP contribution in [0.2, 0.25) is 0 Å². The summed E-state index contributed by atoms with van der Waals surface area (Å²) in [6.07, 6.45) is -1.43. The minimum atomic E-state index is -1.46. The minimum Gasteiger partial charge on any atom is -0.444 e. The van der Waals surface area contributed by atoms with Crippen molar-refractivity contribution in [2.75, 3.05) is 17.2 Å². The molecule has 15 heteroatoms. The summed E-state index contributed by atoms with van der Waals surface area (Å²) in [7, 11) is 1.68. The molecule has 2 aromatic rings. The van der Waals surface area contributed by atoms with Crippen LogP contribution >= 0.6 is 27.3 Å². The Morgan fingerprint density at radius 2 is 1.74 bits per heavy atom. The van der Waals surface area contributed by atoms with Gasteiger partial charge in [-0.05, 0) is 70.3 Å². The molecule has 3 atom stereocenters. The van der Waals surface area contributed by atoms with Gasteiger partial charge in [-0.2, -0.15) is 5.10 Å². The molecule has 1 aliphatic rings. The van der Waals surface area contributed by atoms with Gasteiger partial charge in [0.05, 0.1) is 30.2 Å². The smallest absolute Gasteiger partial charge is 0.412 e. The van der Waals surface area contributed by atoms with Crippen LogP contribution < -0.4 is 16.0 Å². The third kappa shape index (κ3) is 8.86. The van der Waals surface area contributed by atoms with Gasteiger partial charge in [-0.1, -0.05) is 11.3 Å². The lowest BCUT2D eigenvalue weighted by Gasteiger charge is -2.24. The molecular weight excluding hydrogens is 599 g/mol. The first-order chi connectivity index (χ1) is 18.0. The lowest BCUT2D eigenvalue weighted by atomic mass is 10.0. The number of nitrogens with one attached hydrogen (secondary N) is 3. The van der Waals surface area contributed by atoms with Gasteiger partial charge in [0.2, 0.25) is 0 Å². The number of alkyl carbamates (subject to hydrolysis) is 1. The van der Waals surface area contributed by atoms with Crippen LogP contribution in [0.15, 0.2) is 10.1 Å². The normalized spacial score (nSPS) is 20.1. The molecule has 1 saturated heterocycles. The molecule has 1 fully saturated rings. The van der Waals surface area contributed by atoms with Gasteiger partial charge in [-0.3, -0.25) is 14.8 Å². The van der Waals surface area contributed by atoms with Crippen molar-refractivity contribution in [3.05, 3.63) is 21.5 Å². The number of anilines is 2. The Bertz CT molecular complexity index is 1210. The Balaban J connectivity index is 1.73. The average Bonchev–Trinajstić information content (AvgIpc) is 3.26. The molecule has 0 spiro atoms. The van der Waals surface area contributed by atoms with Crippen LogP contribution in [-0.2, 0) is 21.3 Å². The molecule has 12 nitrogen and oxygen atoms in total. The molecule has 3 heterocycles. The Morgan fingerprint density at radius 1 is 1.10 bits per heavy atom. The summed E-state index contributed by atoms with van der Waals surface area (Å²) in [5, 5.41) is 12.3. The van der Waals surface area contributed by atoms with E-state index >= 15 is 0 Å². The van der Waals surface area contributed by atoms with Crippen molar-refractivity contribution < 1.29 is 33.0 Å². The largest absolute Gasteiger partial charge is 0.444 e. The van der Waals surface area contributed by atoms with Crippen molar-refractivity contribution in [3.63, 3.8) is 0 Å². The third-order valence-corrected chi connectivity index (χ3v) is 6.73. The van der Waals surface area contributed by atoms with Gasteiger partial charge >= 0.3 is 12.2 Å². The van der Waals surface area contributed by atoms with Crippen LogP contribution in [0.1, 0.15) is 76.7 Å². The number of carbonyl (C=O) groups is 3. The van der Waals surface area contributed by atoms with Gasteiger partial charge in [0.15, 0.2) is 9.61 Å². The molecule has 0 aromatic carbocycles. The fraction of sp³-hybridized carbons (Fsp3) is 0.625. The predicted molar refractivity (Wildman–Crippen MR) is 147 cm³/mol. The molecule has 1 aliphatic heterocycles. The van der Waals surface area contributed by atoms with E-state index in [1.54, 1.807) is 48.6 Å². The number of halogens is 2. The van der Waals surface area contributed by atoms with Gasteiger partial charge in [0, 0.05) is 7.05 Å². The predicted octanol–water partition coefficient (Wildman–Crippen LogP) is 5.32. The molecule has 3 amide bonds. The zero-order valence-corrected chi connectivity index (χ0v) is 25.3. The van der Waals surface area contributed by atoms with E-state index < -0.39 is 47.6 Å². The number of rotatable bonds is 5. The summed E-state index contributed by atoms with van der Waals surface area (Å²) in [6.45, 7) is 10.1. The highest BCUT2D eigenvalue weighted by atomic mass is 79.9. The quantitative estimate of drug-likeness (QED) is 0.401. The zero-order chi connectivity index (χ0) is 29.1. The van der Waals surface area contributed by atoms with Crippen molar-refractivity contribution in [1.29, 1.82) is 0 Å². The van der Waals surface area contributed by atoms with Crippen LogP contribution in [0, 0.1) is 0 Å². The topological polar surface area (TPSA) is 146 Å².